The molecule has 2 aromatic carbocycles. The molecule has 2 aromatic rings. The second-order valence-corrected chi connectivity index (χ2v) is 6.83. The fourth-order valence-electron chi connectivity index (χ4n) is 3.46. The van der Waals surface area contributed by atoms with Crippen molar-refractivity contribution in [3.05, 3.63) is 58.1 Å². The van der Waals surface area contributed by atoms with E-state index >= 15 is 0 Å². The highest BCUT2D eigenvalue weighted by Gasteiger charge is 2.15. The largest absolute Gasteiger partial charge is 0.497 e. The number of hydrogen-bond acceptors (Lipinski definition) is 4. The second-order valence-electron chi connectivity index (χ2n) is 6.83. The summed E-state index contributed by atoms with van der Waals surface area (Å²) in [6.45, 7) is 5.01. The van der Waals surface area contributed by atoms with E-state index in [0.717, 1.165) is 46.8 Å². The van der Waals surface area contributed by atoms with Crippen LogP contribution in [0.15, 0.2) is 35.3 Å². The van der Waals surface area contributed by atoms with Crippen LogP contribution in [0.5, 0.6) is 5.75 Å². The minimum atomic E-state index is -0.266. The molecule has 0 fully saturated rings. The average molecular weight is 376 g/mol. The van der Waals surface area contributed by atoms with E-state index in [2.05, 4.69) is 27.8 Å². The molecule has 144 valence electrons. The zero-order chi connectivity index (χ0) is 20.1. The first kappa shape index (κ1) is 19.4. The SMILES string of the molecule is COc1ccc2c(c1)C(CCNC(=O)Nc1c(C)cc(C#N)cc1C)=NCC2. The molecule has 3 rings (SSSR count). The molecule has 2 amide bonds. The van der Waals surface area contributed by atoms with Crippen LogP contribution in [0.1, 0.15) is 34.2 Å². The Labute approximate surface area is 165 Å². The maximum atomic E-state index is 12.3. The van der Waals surface area contributed by atoms with Crippen molar-refractivity contribution in [2.24, 2.45) is 4.99 Å². The number of amides is 2. The summed E-state index contributed by atoms with van der Waals surface area (Å²) >= 11 is 0. The molecule has 6 nitrogen and oxygen atoms in total. The zero-order valence-corrected chi connectivity index (χ0v) is 16.4. The smallest absolute Gasteiger partial charge is 0.319 e. The highest BCUT2D eigenvalue weighted by atomic mass is 16.5. The van der Waals surface area contributed by atoms with Crippen molar-refractivity contribution in [3.63, 3.8) is 0 Å². The van der Waals surface area contributed by atoms with Gasteiger partial charge in [-0.05, 0) is 61.2 Å². The van der Waals surface area contributed by atoms with E-state index in [1.54, 1.807) is 19.2 Å². The Kier molecular flexibility index (Phi) is 5.95. The molecule has 0 saturated carbocycles. The van der Waals surface area contributed by atoms with Crippen LogP contribution in [-0.4, -0.2) is 31.9 Å². The van der Waals surface area contributed by atoms with Gasteiger partial charge in [0, 0.05) is 36.5 Å². The van der Waals surface area contributed by atoms with Crippen molar-refractivity contribution in [1.29, 1.82) is 5.26 Å². The first-order valence-electron chi connectivity index (χ1n) is 9.28. The molecule has 1 aliphatic rings. The quantitative estimate of drug-likeness (QED) is 0.833. The fraction of sp³-hybridized carbons (Fsp3) is 0.318. The van der Waals surface area contributed by atoms with Gasteiger partial charge in [-0.15, -0.1) is 0 Å². The van der Waals surface area contributed by atoms with Crippen LogP contribution in [0.2, 0.25) is 0 Å². The van der Waals surface area contributed by atoms with Gasteiger partial charge < -0.3 is 15.4 Å². The van der Waals surface area contributed by atoms with Gasteiger partial charge in [-0.3, -0.25) is 4.99 Å². The Morgan fingerprint density at radius 1 is 1.25 bits per heavy atom. The molecule has 28 heavy (non-hydrogen) atoms. The van der Waals surface area contributed by atoms with Crippen LogP contribution in [0.4, 0.5) is 10.5 Å². The summed E-state index contributed by atoms with van der Waals surface area (Å²) in [6, 6.07) is 11.5. The van der Waals surface area contributed by atoms with Crippen molar-refractivity contribution in [3.8, 4) is 11.8 Å². The van der Waals surface area contributed by atoms with Gasteiger partial charge >= 0.3 is 6.03 Å². The number of urea groups is 1. The van der Waals surface area contributed by atoms with Crippen molar-refractivity contribution < 1.29 is 9.53 Å². The van der Waals surface area contributed by atoms with E-state index in [-0.39, 0.29) is 6.03 Å². The lowest BCUT2D eigenvalue weighted by atomic mass is 9.95. The third-order valence-electron chi connectivity index (χ3n) is 4.86. The third kappa shape index (κ3) is 4.32. The standard InChI is InChI=1S/C22H24N4O2/c1-14-10-16(13-23)11-15(2)21(14)26-22(27)25-9-7-20-19-12-18(28-3)5-4-17(19)6-8-24-20/h4-5,10-12H,6-9H2,1-3H3,(H2,25,26,27). The lowest BCUT2D eigenvalue weighted by molar-refractivity contribution is 0.252. The lowest BCUT2D eigenvalue weighted by Gasteiger charge is -2.18. The second kappa shape index (κ2) is 8.57. The van der Waals surface area contributed by atoms with E-state index in [0.29, 0.717) is 18.5 Å². The lowest BCUT2D eigenvalue weighted by Crippen LogP contribution is -2.31. The molecule has 1 aliphatic heterocycles. The van der Waals surface area contributed by atoms with Crippen molar-refractivity contribution in [2.75, 3.05) is 25.5 Å². The van der Waals surface area contributed by atoms with Gasteiger partial charge in [0.25, 0.3) is 0 Å². The Morgan fingerprint density at radius 3 is 2.68 bits per heavy atom. The number of carbonyl (C=O) groups is 1. The Morgan fingerprint density at radius 2 is 2.00 bits per heavy atom. The number of nitriles is 1. The number of aryl methyl sites for hydroxylation is 2. The predicted octanol–water partition coefficient (Wildman–Crippen LogP) is 3.74. The first-order valence-corrected chi connectivity index (χ1v) is 9.28. The summed E-state index contributed by atoms with van der Waals surface area (Å²) in [5, 5.41) is 14.8. The van der Waals surface area contributed by atoms with Gasteiger partial charge in [0.1, 0.15) is 5.75 Å². The van der Waals surface area contributed by atoms with Gasteiger partial charge in [0.2, 0.25) is 0 Å². The number of fused-ring (bicyclic) bond motifs is 1. The normalized spacial score (nSPS) is 12.4. The molecule has 2 N–H and O–H groups in total. The number of nitrogens with one attached hydrogen (secondary N) is 2. The number of hydrogen-bond donors (Lipinski definition) is 2. The van der Waals surface area contributed by atoms with E-state index in [9.17, 15) is 4.79 Å². The zero-order valence-electron chi connectivity index (χ0n) is 16.4. The number of benzene rings is 2. The maximum Gasteiger partial charge on any atom is 0.319 e. The first-order chi connectivity index (χ1) is 13.5. The fourth-order valence-corrected chi connectivity index (χ4v) is 3.46. The third-order valence-corrected chi connectivity index (χ3v) is 4.86. The van der Waals surface area contributed by atoms with Gasteiger partial charge in [0.05, 0.1) is 18.7 Å². The molecular weight excluding hydrogens is 352 g/mol. The number of methoxy groups -OCH3 is 1. The van der Waals surface area contributed by atoms with Gasteiger partial charge in [-0.2, -0.15) is 5.26 Å². The molecular formula is C22H24N4O2. The number of nitrogens with zero attached hydrogens (tertiary/aromatic N) is 2. The topological polar surface area (TPSA) is 86.5 Å². The highest BCUT2D eigenvalue weighted by molar-refractivity contribution is 6.03. The molecule has 0 saturated heterocycles. The number of anilines is 1. The number of rotatable bonds is 5. The number of aliphatic imine (C=N–C) groups is 1. The van der Waals surface area contributed by atoms with Crippen molar-refractivity contribution >= 4 is 17.4 Å². The minimum absolute atomic E-state index is 0.266. The van der Waals surface area contributed by atoms with Crippen LogP contribution in [0.25, 0.3) is 0 Å². The molecule has 0 aromatic heterocycles. The maximum absolute atomic E-state index is 12.3. The number of ether oxygens (including phenoxy) is 1. The van der Waals surface area contributed by atoms with Crippen LogP contribution < -0.4 is 15.4 Å². The Balaban J connectivity index is 1.60. The summed E-state index contributed by atoms with van der Waals surface area (Å²) in [4.78, 5) is 16.9. The van der Waals surface area contributed by atoms with Crippen LogP contribution in [-0.2, 0) is 6.42 Å². The minimum Gasteiger partial charge on any atom is -0.497 e. The molecule has 0 aliphatic carbocycles. The van der Waals surface area contributed by atoms with Crippen LogP contribution >= 0.6 is 0 Å². The average Bonchev–Trinajstić information content (AvgIpc) is 2.70. The number of carbonyl (C=O) groups excluding carboxylic acids is 1. The van der Waals surface area contributed by atoms with E-state index in [1.165, 1.54) is 5.56 Å². The van der Waals surface area contributed by atoms with Crippen LogP contribution in [0.3, 0.4) is 0 Å². The van der Waals surface area contributed by atoms with E-state index < -0.39 is 0 Å². The molecule has 0 bridgehead atoms. The summed E-state index contributed by atoms with van der Waals surface area (Å²) in [5.41, 5.74) is 6.41. The van der Waals surface area contributed by atoms with Crippen molar-refractivity contribution in [1.82, 2.24) is 5.32 Å². The monoisotopic (exact) mass is 376 g/mol. The van der Waals surface area contributed by atoms with Gasteiger partial charge in [0.15, 0.2) is 0 Å². The molecule has 0 radical (unpaired) electrons. The Bertz CT molecular complexity index is 950. The van der Waals surface area contributed by atoms with Gasteiger partial charge in [-0.1, -0.05) is 6.07 Å². The summed E-state index contributed by atoms with van der Waals surface area (Å²) < 4.78 is 5.32. The molecule has 0 unspecified atom stereocenters. The molecule has 6 heteroatoms. The highest BCUT2D eigenvalue weighted by Crippen LogP contribution is 2.23. The molecule has 0 spiro atoms. The predicted molar refractivity (Wildman–Crippen MR) is 110 cm³/mol. The van der Waals surface area contributed by atoms with E-state index in [1.807, 2.05) is 26.0 Å². The molecule has 0 atom stereocenters. The van der Waals surface area contributed by atoms with Gasteiger partial charge in [-0.25, -0.2) is 4.79 Å². The van der Waals surface area contributed by atoms with Crippen LogP contribution in [0, 0.1) is 25.2 Å². The summed E-state index contributed by atoms with van der Waals surface area (Å²) in [6.07, 6.45) is 1.58. The van der Waals surface area contributed by atoms with E-state index in [4.69, 9.17) is 10.00 Å². The van der Waals surface area contributed by atoms with Crippen molar-refractivity contribution in [2.45, 2.75) is 26.7 Å². The summed E-state index contributed by atoms with van der Waals surface area (Å²) in [7, 11) is 1.65. The Hall–Kier alpha value is -3.33. The molecule has 1 heterocycles. The summed E-state index contributed by atoms with van der Waals surface area (Å²) in [5.74, 6) is 0.811.